The molecule has 4 rings (SSSR count). The third-order valence-corrected chi connectivity index (χ3v) is 5.57. The fraction of sp³-hybridized carbons (Fsp3) is 0.476. The van der Waals surface area contributed by atoms with Gasteiger partial charge in [-0.15, -0.1) is 0 Å². The third kappa shape index (κ3) is 3.61. The third-order valence-electron chi connectivity index (χ3n) is 5.57. The molecule has 1 aromatic carbocycles. The zero-order valence-electron chi connectivity index (χ0n) is 14.9. The van der Waals surface area contributed by atoms with Gasteiger partial charge in [0, 0.05) is 44.6 Å². The maximum atomic E-state index is 6.16. The average molecular weight is 338 g/mol. The largest absolute Gasteiger partial charge is 0.376 e. The molecule has 0 aliphatic carbocycles. The summed E-state index contributed by atoms with van der Waals surface area (Å²) in [6.07, 6.45) is 4.73. The Bertz CT molecular complexity index is 698. The lowest BCUT2D eigenvalue weighted by Crippen LogP contribution is -2.64. The van der Waals surface area contributed by atoms with Crippen LogP contribution in [0.25, 0.3) is 0 Å². The first kappa shape index (κ1) is 16.7. The van der Waals surface area contributed by atoms with E-state index in [2.05, 4.69) is 41.1 Å². The molecule has 1 spiro atoms. The van der Waals surface area contributed by atoms with E-state index in [9.17, 15) is 0 Å². The number of hydrogen-bond donors (Lipinski definition) is 0. The van der Waals surface area contributed by atoms with Crippen molar-refractivity contribution in [2.24, 2.45) is 5.92 Å². The highest BCUT2D eigenvalue weighted by Crippen LogP contribution is 2.40. The summed E-state index contributed by atoms with van der Waals surface area (Å²) in [4.78, 5) is 6.53. The van der Waals surface area contributed by atoms with Gasteiger partial charge in [-0.25, -0.2) is 0 Å². The molecule has 3 heterocycles. The monoisotopic (exact) mass is 338 g/mol. The van der Waals surface area contributed by atoms with Gasteiger partial charge in [0.15, 0.2) is 0 Å². The predicted octanol–water partition coefficient (Wildman–Crippen LogP) is 3.20. The zero-order chi connectivity index (χ0) is 17.1. The highest BCUT2D eigenvalue weighted by molar-refractivity contribution is 5.26. The zero-order valence-corrected chi connectivity index (χ0v) is 14.9. The van der Waals surface area contributed by atoms with Gasteiger partial charge in [-0.2, -0.15) is 0 Å². The molecule has 0 radical (unpaired) electrons. The van der Waals surface area contributed by atoms with E-state index in [1.165, 1.54) is 16.7 Å². The van der Waals surface area contributed by atoms with Crippen molar-refractivity contribution in [3.8, 4) is 0 Å². The summed E-state index contributed by atoms with van der Waals surface area (Å²) < 4.78 is 12.1. The lowest BCUT2D eigenvalue weighted by Gasteiger charge is -2.50. The van der Waals surface area contributed by atoms with Crippen molar-refractivity contribution in [2.45, 2.75) is 32.1 Å². The number of rotatable bonds is 6. The Morgan fingerprint density at radius 2 is 2.00 bits per heavy atom. The number of nitrogens with zero attached hydrogens (tertiary/aromatic N) is 2. The molecular formula is C21H26N2O2. The smallest absolute Gasteiger partial charge is 0.0985 e. The second-order valence-electron chi connectivity index (χ2n) is 7.34. The van der Waals surface area contributed by atoms with Crippen molar-refractivity contribution in [3.05, 3.63) is 65.5 Å². The number of hydrogen-bond acceptors (Lipinski definition) is 4. The van der Waals surface area contributed by atoms with Crippen LogP contribution in [0.2, 0.25) is 0 Å². The van der Waals surface area contributed by atoms with Crippen LogP contribution in [0.1, 0.15) is 23.1 Å². The Balaban J connectivity index is 1.28. The summed E-state index contributed by atoms with van der Waals surface area (Å²) in [6.45, 7) is 7.54. The topological polar surface area (TPSA) is 34.6 Å². The minimum absolute atomic E-state index is 0.0148. The van der Waals surface area contributed by atoms with E-state index < -0.39 is 0 Å². The molecule has 1 atom stereocenters. The van der Waals surface area contributed by atoms with Gasteiger partial charge in [0.05, 0.1) is 18.8 Å². The van der Waals surface area contributed by atoms with Gasteiger partial charge in [-0.1, -0.05) is 24.3 Å². The lowest BCUT2D eigenvalue weighted by molar-refractivity contribution is -0.146. The number of benzene rings is 1. The predicted molar refractivity (Wildman–Crippen MR) is 97.1 cm³/mol. The molecule has 2 aliphatic heterocycles. The van der Waals surface area contributed by atoms with E-state index in [4.69, 9.17) is 9.47 Å². The second kappa shape index (κ2) is 7.24. The van der Waals surface area contributed by atoms with Gasteiger partial charge < -0.3 is 9.47 Å². The Morgan fingerprint density at radius 1 is 1.20 bits per heavy atom. The minimum Gasteiger partial charge on any atom is -0.376 e. The second-order valence-corrected chi connectivity index (χ2v) is 7.34. The van der Waals surface area contributed by atoms with Crippen molar-refractivity contribution in [3.63, 3.8) is 0 Å². The SMILES string of the molecule is Cc1ccccc1CN1CC2(C1)OCC[C@H]2COCc1ccncc1. The first-order valence-corrected chi connectivity index (χ1v) is 9.13. The summed E-state index contributed by atoms with van der Waals surface area (Å²) in [5.41, 5.74) is 3.98. The van der Waals surface area contributed by atoms with E-state index in [1.807, 2.05) is 24.5 Å². The first-order chi connectivity index (χ1) is 12.3. The van der Waals surface area contributed by atoms with Crippen molar-refractivity contribution >= 4 is 0 Å². The summed E-state index contributed by atoms with van der Waals surface area (Å²) in [5, 5.41) is 0. The molecule has 0 unspecified atom stereocenters. The molecule has 2 fully saturated rings. The molecule has 0 bridgehead atoms. The fourth-order valence-electron chi connectivity index (χ4n) is 4.02. The maximum absolute atomic E-state index is 6.16. The standard InChI is InChI=1S/C21H26N2O2/c1-17-4-2-3-5-19(17)12-23-15-21(16-23)20(8-11-25-21)14-24-13-18-6-9-22-10-7-18/h2-7,9-10,20H,8,11-16H2,1H3/t20-/m0/s1. The number of ether oxygens (including phenoxy) is 2. The average Bonchev–Trinajstić information content (AvgIpc) is 3.01. The fourth-order valence-corrected chi connectivity index (χ4v) is 4.02. The molecule has 0 saturated carbocycles. The van der Waals surface area contributed by atoms with Crippen molar-refractivity contribution in [2.75, 3.05) is 26.3 Å². The van der Waals surface area contributed by atoms with Crippen molar-refractivity contribution in [1.29, 1.82) is 0 Å². The Kier molecular flexibility index (Phi) is 4.84. The van der Waals surface area contributed by atoms with Gasteiger partial charge in [0.2, 0.25) is 0 Å². The van der Waals surface area contributed by atoms with Crippen LogP contribution in [0.3, 0.4) is 0 Å². The van der Waals surface area contributed by atoms with E-state index in [0.717, 1.165) is 39.3 Å². The first-order valence-electron chi connectivity index (χ1n) is 9.13. The van der Waals surface area contributed by atoms with Crippen LogP contribution in [0.5, 0.6) is 0 Å². The van der Waals surface area contributed by atoms with E-state index in [0.29, 0.717) is 12.5 Å². The summed E-state index contributed by atoms with van der Waals surface area (Å²) in [7, 11) is 0. The molecule has 0 amide bonds. The number of pyridine rings is 1. The van der Waals surface area contributed by atoms with Gasteiger partial charge in [0.1, 0.15) is 0 Å². The minimum atomic E-state index is 0.0148. The highest BCUT2D eigenvalue weighted by atomic mass is 16.5. The van der Waals surface area contributed by atoms with Crippen LogP contribution < -0.4 is 0 Å². The molecule has 2 aliphatic rings. The number of aromatic nitrogens is 1. The van der Waals surface area contributed by atoms with Crippen LogP contribution in [0.4, 0.5) is 0 Å². The van der Waals surface area contributed by atoms with Crippen LogP contribution in [0.15, 0.2) is 48.8 Å². The molecule has 0 N–H and O–H groups in total. The Hall–Kier alpha value is -1.75. The van der Waals surface area contributed by atoms with Crippen LogP contribution >= 0.6 is 0 Å². The van der Waals surface area contributed by atoms with Gasteiger partial charge >= 0.3 is 0 Å². The van der Waals surface area contributed by atoms with E-state index in [-0.39, 0.29) is 5.60 Å². The summed E-state index contributed by atoms with van der Waals surface area (Å²) in [6, 6.07) is 12.7. The van der Waals surface area contributed by atoms with Crippen LogP contribution in [-0.4, -0.2) is 41.8 Å². The number of likely N-dealkylation sites (tertiary alicyclic amines) is 1. The van der Waals surface area contributed by atoms with Crippen LogP contribution in [-0.2, 0) is 22.6 Å². The molecule has 4 nitrogen and oxygen atoms in total. The van der Waals surface area contributed by atoms with Crippen molar-refractivity contribution in [1.82, 2.24) is 9.88 Å². The molecule has 25 heavy (non-hydrogen) atoms. The quantitative estimate of drug-likeness (QED) is 0.810. The molecule has 2 saturated heterocycles. The maximum Gasteiger partial charge on any atom is 0.0985 e. The van der Waals surface area contributed by atoms with Gasteiger partial charge in [-0.3, -0.25) is 9.88 Å². The molecule has 2 aromatic rings. The molecule has 4 heteroatoms. The Labute approximate surface area is 149 Å². The lowest BCUT2D eigenvalue weighted by atomic mass is 9.81. The Morgan fingerprint density at radius 3 is 2.80 bits per heavy atom. The summed E-state index contributed by atoms with van der Waals surface area (Å²) in [5.74, 6) is 0.502. The molecular weight excluding hydrogens is 312 g/mol. The van der Waals surface area contributed by atoms with Crippen molar-refractivity contribution < 1.29 is 9.47 Å². The van der Waals surface area contributed by atoms with E-state index in [1.54, 1.807) is 0 Å². The summed E-state index contributed by atoms with van der Waals surface area (Å²) >= 11 is 0. The molecule has 132 valence electrons. The van der Waals surface area contributed by atoms with Gasteiger partial charge in [-0.05, 0) is 42.2 Å². The highest BCUT2D eigenvalue weighted by Gasteiger charge is 2.52. The van der Waals surface area contributed by atoms with E-state index >= 15 is 0 Å². The molecule has 1 aromatic heterocycles. The van der Waals surface area contributed by atoms with Gasteiger partial charge in [0.25, 0.3) is 0 Å². The number of aryl methyl sites for hydroxylation is 1. The van der Waals surface area contributed by atoms with Crippen LogP contribution in [0, 0.1) is 12.8 Å². The normalized spacial score (nSPS) is 22.2.